The number of nitro groups is 1. The highest BCUT2D eigenvalue weighted by molar-refractivity contribution is 6.33. The molecule has 10 heteroatoms. The normalized spacial score (nSPS) is 10.6. The number of carbonyl (C=O) groups is 2. The van der Waals surface area contributed by atoms with Gasteiger partial charge in [-0.2, -0.15) is 5.10 Å². The van der Waals surface area contributed by atoms with Gasteiger partial charge < -0.3 is 10.6 Å². The first-order chi connectivity index (χ1) is 16.8. The Balaban J connectivity index is 1.64. The lowest BCUT2D eigenvalue weighted by atomic mass is 10.1. The lowest BCUT2D eigenvalue weighted by Crippen LogP contribution is -2.15. The summed E-state index contributed by atoms with van der Waals surface area (Å²) in [7, 11) is 0. The van der Waals surface area contributed by atoms with Gasteiger partial charge in [0.05, 0.1) is 33.4 Å². The lowest BCUT2D eigenvalue weighted by Gasteiger charge is -2.10. The van der Waals surface area contributed by atoms with E-state index in [9.17, 15) is 19.7 Å². The molecule has 2 amide bonds. The van der Waals surface area contributed by atoms with Crippen LogP contribution in [0.15, 0.2) is 79.0 Å². The first kappa shape index (κ1) is 23.7. The molecule has 1 aromatic heterocycles. The maximum atomic E-state index is 13.0. The highest BCUT2D eigenvalue weighted by Crippen LogP contribution is 2.28. The van der Waals surface area contributed by atoms with Crippen LogP contribution in [0.5, 0.6) is 0 Å². The van der Waals surface area contributed by atoms with Gasteiger partial charge in [0.25, 0.3) is 5.69 Å². The Kier molecular flexibility index (Phi) is 6.88. The predicted molar refractivity (Wildman–Crippen MR) is 134 cm³/mol. The average Bonchev–Trinajstić information content (AvgIpc) is 3.25. The van der Waals surface area contributed by atoms with Crippen LogP contribution in [0.1, 0.15) is 12.5 Å². The van der Waals surface area contributed by atoms with E-state index < -0.39 is 4.92 Å². The fourth-order valence-electron chi connectivity index (χ4n) is 3.51. The lowest BCUT2D eigenvalue weighted by molar-refractivity contribution is -0.384. The van der Waals surface area contributed by atoms with E-state index in [0.29, 0.717) is 33.2 Å². The molecule has 9 nitrogen and oxygen atoms in total. The minimum Gasteiger partial charge on any atom is -0.326 e. The quantitative estimate of drug-likeness (QED) is 0.272. The van der Waals surface area contributed by atoms with Crippen molar-refractivity contribution >= 4 is 40.5 Å². The van der Waals surface area contributed by atoms with Crippen LogP contribution in [0.4, 0.5) is 17.1 Å². The molecule has 0 saturated carbocycles. The van der Waals surface area contributed by atoms with Gasteiger partial charge in [-0.3, -0.25) is 19.7 Å². The summed E-state index contributed by atoms with van der Waals surface area (Å²) >= 11 is 6.23. The number of hydrogen-bond acceptors (Lipinski definition) is 5. The minimum atomic E-state index is -0.473. The molecule has 0 aliphatic carbocycles. The van der Waals surface area contributed by atoms with E-state index in [1.54, 1.807) is 41.2 Å². The molecule has 4 aromatic rings. The van der Waals surface area contributed by atoms with E-state index in [0.717, 1.165) is 5.69 Å². The third-order valence-electron chi connectivity index (χ3n) is 5.07. The van der Waals surface area contributed by atoms with Crippen molar-refractivity contribution in [2.45, 2.75) is 13.3 Å². The largest absolute Gasteiger partial charge is 0.326 e. The van der Waals surface area contributed by atoms with E-state index in [1.807, 2.05) is 30.3 Å². The summed E-state index contributed by atoms with van der Waals surface area (Å²) in [6.45, 7) is 1.39. The second-order valence-electron chi connectivity index (χ2n) is 7.69. The van der Waals surface area contributed by atoms with E-state index in [1.165, 1.54) is 19.1 Å². The molecule has 0 unspecified atom stereocenters. The smallest absolute Gasteiger partial charge is 0.269 e. The van der Waals surface area contributed by atoms with Crippen LogP contribution in [0.2, 0.25) is 5.02 Å². The Labute approximate surface area is 205 Å². The molecule has 0 atom stereocenters. The van der Waals surface area contributed by atoms with Crippen LogP contribution < -0.4 is 10.6 Å². The topological polar surface area (TPSA) is 119 Å². The van der Waals surface area contributed by atoms with Gasteiger partial charge in [0.2, 0.25) is 11.8 Å². The average molecular weight is 490 g/mol. The Morgan fingerprint density at radius 1 is 1.03 bits per heavy atom. The number of nitrogens with zero attached hydrogens (tertiary/aromatic N) is 3. The summed E-state index contributed by atoms with van der Waals surface area (Å²) in [4.78, 5) is 34.9. The zero-order valence-corrected chi connectivity index (χ0v) is 19.3. The van der Waals surface area contributed by atoms with Crippen LogP contribution in [-0.4, -0.2) is 26.5 Å². The number of aromatic nitrogens is 2. The fraction of sp³-hybridized carbons (Fsp3) is 0.0800. The summed E-state index contributed by atoms with van der Waals surface area (Å²) < 4.78 is 1.66. The molecule has 0 radical (unpaired) electrons. The van der Waals surface area contributed by atoms with Gasteiger partial charge in [-0.25, -0.2) is 4.68 Å². The Morgan fingerprint density at radius 2 is 1.74 bits per heavy atom. The van der Waals surface area contributed by atoms with Crippen LogP contribution in [0.25, 0.3) is 16.9 Å². The first-order valence-corrected chi connectivity index (χ1v) is 10.9. The molecular weight excluding hydrogens is 470 g/mol. The van der Waals surface area contributed by atoms with Crippen molar-refractivity contribution in [2.24, 2.45) is 0 Å². The summed E-state index contributed by atoms with van der Waals surface area (Å²) in [6.07, 6.45) is 1.72. The predicted octanol–water partition coefficient (Wildman–Crippen LogP) is 5.24. The van der Waals surface area contributed by atoms with Gasteiger partial charge in [-0.15, -0.1) is 0 Å². The van der Waals surface area contributed by atoms with Gasteiger partial charge in [-0.05, 0) is 42.5 Å². The number of anilines is 2. The molecule has 176 valence electrons. The summed E-state index contributed by atoms with van der Waals surface area (Å²) in [6, 6.07) is 20.2. The third kappa shape index (κ3) is 5.71. The number of halogens is 1. The highest BCUT2D eigenvalue weighted by atomic mass is 35.5. The molecule has 0 saturated heterocycles. The molecule has 3 aromatic carbocycles. The second-order valence-corrected chi connectivity index (χ2v) is 8.10. The van der Waals surface area contributed by atoms with Crippen molar-refractivity contribution in [1.82, 2.24) is 9.78 Å². The van der Waals surface area contributed by atoms with Crippen molar-refractivity contribution in [3.05, 3.63) is 99.7 Å². The SMILES string of the molecule is CC(=O)Nc1ccc(Cl)c(NC(=O)Cc2cn(-c3ccccc3)nc2-c2ccc([N+](=O)[O-])cc2)c1. The number of benzene rings is 3. The number of amides is 2. The number of nitro benzene ring substituents is 1. The minimum absolute atomic E-state index is 0.0279. The third-order valence-corrected chi connectivity index (χ3v) is 5.40. The van der Waals surface area contributed by atoms with E-state index in [-0.39, 0.29) is 23.9 Å². The van der Waals surface area contributed by atoms with E-state index in [2.05, 4.69) is 15.7 Å². The Morgan fingerprint density at radius 3 is 2.40 bits per heavy atom. The van der Waals surface area contributed by atoms with Crippen molar-refractivity contribution in [3.8, 4) is 16.9 Å². The molecule has 35 heavy (non-hydrogen) atoms. The first-order valence-electron chi connectivity index (χ1n) is 10.6. The fourth-order valence-corrected chi connectivity index (χ4v) is 3.67. The van der Waals surface area contributed by atoms with Gasteiger partial charge in [-0.1, -0.05) is 29.8 Å². The van der Waals surface area contributed by atoms with E-state index in [4.69, 9.17) is 11.6 Å². The summed E-state index contributed by atoms with van der Waals surface area (Å²) in [5.41, 5.74) is 3.40. The van der Waals surface area contributed by atoms with E-state index >= 15 is 0 Å². The number of nitrogens with one attached hydrogen (secondary N) is 2. The Bertz CT molecular complexity index is 1400. The molecule has 0 bridgehead atoms. The molecule has 4 rings (SSSR count). The molecule has 0 fully saturated rings. The number of carbonyl (C=O) groups excluding carboxylic acids is 2. The van der Waals surface area contributed by atoms with Crippen LogP contribution in [0, 0.1) is 10.1 Å². The molecular formula is C25H20ClN5O4. The maximum absolute atomic E-state index is 13.0. The zero-order chi connectivity index (χ0) is 24.9. The summed E-state index contributed by atoms with van der Waals surface area (Å²) in [5.74, 6) is -0.590. The molecule has 2 N–H and O–H groups in total. The highest BCUT2D eigenvalue weighted by Gasteiger charge is 2.17. The standard InChI is InChI=1S/C25H20ClN5O4/c1-16(32)27-19-9-12-22(26)23(14-19)28-24(33)13-18-15-30(20-5-3-2-4-6-20)29-25(18)17-7-10-21(11-8-17)31(34)35/h2-12,14-15H,13H2,1H3,(H,27,32)(H,28,33). The number of rotatable bonds is 7. The monoisotopic (exact) mass is 489 g/mol. The second kappa shape index (κ2) is 10.2. The van der Waals surface area contributed by atoms with Crippen LogP contribution in [-0.2, 0) is 16.0 Å². The maximum Gasteiger partial charge on any atom is 0.269 e. The van der Waals surface area contributed by atoms with Crippen molar-refractivity contribution < 1.29 is 14.5 Å². The van der Waals surface area contributed by atoms with Crippen LogP contribution in [0.3, 0.4) is 0 Å². The van der Waals surface area contributed by atoms with Crippen molar-refractivity contribution in [2.75, 3.05) is 10.6 Å². The molecule has 0 aliphatic rings. The van der Waals surface area contributed by atoms with Gasteiger partial charge in [0, 0.05) is 42.1 Å². The molecule has 0 aliphatic heterocycles. The number of para-hydroxylation sites is 1. The van der Waals surface area contributed by atoms with Crippen LogP contribution >= 0.6 is 11.6 Å². The van der Waals surface area contributed by atoms with Crippen molar-refractivity contribution in [3.63, 3.8) is 0 Å². The van der Waals surface area contributed by atoms with Gasteiger partial charge >= 0.3 is 0 Å². The number of hydrogen-bond donors (Lipinski definition) is 2. The molecule has 0 spiro atoms. The van der Waals surface area contributed by atoms with Gasteiger partial charge in [0.1, 0.15) is 0 Å². The zero-order valence-electron chi connectivity index (χ0n) is 18.6. The Hall–Kier alpha value is -4.50. The summed E-state index contributed by atoms with van der Waals surface area (Å²) in [5, 5.41) is 21.4. The van der Waals surface area contributed by atoms with Crippen molar-refractivity contribution in [1.29, 1.82) is 0 Å². The number of non-ortho nitro benzene ring substituents is 1. The molecule has 1 heterocycles. The van der Waals surface area contributed by atoms with Gasteiger partial charge in [0.15, 0.2) is 0 Å².